The van der Waals surface area contributed by atoms with Crippen LogP contribution in [0.15, 0.2) is 59.7 Å². The molecule has 0 radical (unpaired) electrons. The zero-order valence-electron chi connectivity index (χ0n) is 12.2. The largest absolute Gasteiger partial charge is 0.481 e. The summed E-state index contributed by atoms with van der Waals surface area (Å²) in [7, 11) is 0. The van der Waals surface area contributed by atoms with E-state index >= 15 is 0 Å². The average Bonchev–Trinajstić information content (AvgIpc) is 2.55. The van der Waals surface area contributed by atoms with E-state index in [4.69, 9.17) is 16.7 Å². The maximum absolute atomic E-state index is 12.1. The summed E-state index contributed by atoms with van der Waals surface area (Å²) in [5.41, 5.74) is 3.99. The van der Waals surface area contributed by atoms with Crippen LogP contribution in [0.2, 0.25) is 5.02 Å². The molecule has 2 N–H and O–H groups in total. The van der Waals surface area contributed by atoms with Crippen molar-refractivity contribution in [3.8, 4) is 0 Å². The Balaban J connectivity index is 2.18. The fourth-order valence-corrected chi connectivity index (χ4v) is 2.17. The number of hydrazone groups is 1. The van der Waals surface area contributed by atoms with Gasteiger partial charge in [0, 0.05) is 6.42 Å². The van der Waals surface area contributed by atoms with Crippen molar-refractivity contribution in [2.45, 2.75) is 12.8 Å². The van der Waals surface area contributed by atoms with E-state index in [2.05, 4.69) is 10.5 Å². The quantitative estimate of drug-likeness (QED) is 0.629. The molecule has 1 amide bonds. The Labute approximate surface area is 138 Å². The number of carboxylic acid groups (broad SMARTS) is 1. The highest BCUT2D eigenvalue weighted by molar-refractivity contribution is 6.33. The molecule has 2 aromatic rings. The molecule has 0 aliphatic heterocycles. The van der Waals surface area contributed by atoms with E-state index in [0.717, 1.165) is 5.56 Å². The lowest BCUT2D eigenvalue weighted by Crippen LogP contribution is -2.21. The smallest absolute Gasteiger partial charge is 0.303 e. The molecule has 0 heterocycles. The first-order chi connectivity index (χ1) is 11.1. The second-order valence-corrected chi connectivity index (χ2v) is 5.15. The van der Waals surface area contributed by atoms with Gasteiger partial charge in [0.2, 0.25) is 0 Å². The zero-order valence-corrected chi connectivity index (χ0v) is 13.0. The van der Waals surface area contributed by atoms with E-state index in [1.165, 1.54) is 0 Å². The molecule has 0 saturated carbocycles. The summed E-state index contributed by atoms with van der Waals surface area (Å²) in [6, 6.07) is 15.7. The first kappa shape index (κ1) is 16.7. The van der Waals surface area contributed by atoms with E-state index in [1.807, 2.05) is 30.3 Å². The summed E-state index contributed by atoms with van der Waals surface area (Å²) in [5, 5.41) is 13.2. The van der Waals surface area contributed by atoms with E-state index in [0.29, 0.717) is 16.3 Å². The van der Waals surface area contributed by atoms with Gasteiger partial charge in [0.05, 0.1) is 22.7 Å². The number of hydrogen-bond donors (Lipinski definition) is 2. The number of aliphatic carboxylic acids is 1. The van der Waals surface area contributed by atoms with Gasteiger partial charge in [0.25, 0.3) is 5.91 Å². The van der Waals surface area contributed by atoms with Gasteiger partial charge in [-0.3, -0.25) is 9.59 Å². The molecule has 0 aromatic heterocycles. The number of carbonyl (C=O) groups excluding carboxylic acids is 1. The van der Waals surface area contributed by atoms with Gasteiger partial charge in [0.1, 0.15) is 0 Å². The number of benzene rings is 2. The lowest BCUT2D eigenvalue weighted by atomic mass is 10.1. The van der Waals surface area contributed by atoms with Crippen molar-refractivity contribution in [3.63, 3.8) is 0 Å². The van der Waals surface area contributed by atoms with Crippen molar-refractivity contribution in [2.75, 3.05) is 0 Å². The maximum atomic E-state index is 12.1. The molecule has 0 atom stereocenters. The number of carboxylic acids is 1. The molecular weight excluding hydrogens is 316 g/mol. The van der Waals surface area contributed by atoms with Gasteiger partial charge >= 0.3 is 5.97 Å². The van der Waals surface area contributed by atoms with Crippen molar-refractivity contribution >= 4 is 29.2 Å². The minimum absolute atomic E-state index is 0.0737. The Hall–Kier alpha value is -2.66. The fraction of sp³-hybridized carbons (Fsp3) is 0.118. The maximum Gasteiger partial charge on any atom is 0.303 e. The number of carbonyl (C=O) groups is 2. The highest BCUT2D eigenvalue weighted by Crippen LogP contribution is 2.14. The van der Waals surface area contributed by atoms with Gasteiger partial charge in [-0.05, 0) is 17.7 Å². The van der Waals surface area contributed by atoms with Crippen LogP contribution in [0.25, 0.3) is 0 Å². The van der Waals surface area contributed by atoms with Crippen LogP contribution in [-0.2, 0) is 4.79 Å². The van der Waals surface area contributed by atoms with Crippen molar-refractivity contribution < 1.29 is 14.7 Å². The van der Waals surface area contributed by atoms with E-state index in [-0.39, 0.29) is 12.8 Å². The molecule has 0 saturated heterocycles. The minimum atomic E-state index is -0.925. The topological polar surface area (TPSA) is 78.8 Å². The lowest BCUT2D eigenvalue weighted by molar-refractivity contribution is -0.136. The van der Waals surface area contributed by atoms with E-state index in [1.54, 1.807) is 24.3 Å². The van der Waals surface area contributed by atoms with Crippen LogP contribution in [0.3, 0.4) is 0 Å². The van der Waals surface area contributed by atoms with E-state index in [9.17, 15) is 9.59 Å². The van der Waals surface area contributed by atoms with Crippen LogP contribution >= 0.6 is 11.6 Å². The Bertz CT molecular complexity index is 730. The molecule has 23 heavy (non-hydrogen) atoms. The molecule has 2 aromatic carbocycles. The molecule has 0 fully saturated rings. The summed E-state index contributed by atoms with van der Waals surface area (Å²) in [4.78, 5) is 22.9. The number of halogens is 1. The number of nitrogens with one attached hydrogen (secondary N) is 1. The Morgan fingerprint density at radius 2 is 1.65 bits per heavy atom. The molecular formula is C17H15ClN2O3. The normalized spacial score (nSPS) is 11.1. The zero-order chi connectivity index (χ0) is 16.7. The summed E-state index contributed by atoms with van der Waals surface area (Å²) < 4.78 is 0. The number of nitrogens with zero attached hydrogens (tertiary/aromatic N) is 1. The molecule has 118 valence electrons. The molecule has 5 nitrogen and oxygen atoms in total. The van der Waals surface area contributed by atoms with Crippen LogP contribution in [0, 0.1) is 0 Å². The fourth-order valence-electron chi connectivity index (χ4n) is 1.94. The Morgan fingerprint density at radius 1 is 1.00 bits per heavy atom. The second kappa shape index (κ2) is 8.10. The van der Waals surface area contributed by atoms with Gasteiger partial charge in [-0.1, -0.05) is 54.1 Å². The van der Waals surface area contributed by atoms with E-state index < -0.39 is 11.9 Å². The second-order valence-electron chi connectivity index (χ2n) is 4.74. The van der Waals surface area contributed by atoms with Gasteiger partial charge in [-0.15, -0.1) is 0 Å². The average molecular weight is 331 g/mol. The molecule has 0 bridgehead atoms. The molecule has 2 rings (SSSR count). The third-order valence-corrected chi connectivity index (χ3v) is 3.42. The van der Waals surface area contributed by atoms with Crippen molar-refractivity contribution in [2.24, 2.45) is 5.10 Å². The summed E-state index contributed by atoms with van der Waals surface area (Å²) in [6.07, 6.45) is 0.137. The van der Waals surface area contributed by atoms with Crippen LogP contribution < -0.4 is 5.43 Å². The van der Waals surface area contributed by atoms with Crippen molar-refractivity contribution in [1.82, 2.24) is 5.43 Å². The number of rotatable bonds is 6. The first-order valence-corrected chi connectivity index (χ1v) is 7.34. The van der Waals surface area contributed by atoms with Gasteiger partial charge < -0.3 is 5.11 Å². The third kappa shape index (κ3) is 4.93. The van der Waals surface area contributed by atoms with Crippen LogP contribution in [0.4, 0.5) is 0 Å². The Kier molecular flexibility index (Phi) is 5.88. The van der Waals surface area contributed by atoms with Gasteiger partial charge in [-0.2, -0.15) is 5.10 Å². The lowest BCUT2D eigenvalue weighted by Gasteiger charge is -2.07. The third-order valence-electron chi connectivity index (χ3n) is 3.09. The predicted molar refractivity (Wildman–Crippen MR) is 88.8 cm³/mol. The molecule has 0 spiro atoms. The Morgan fingerprint density at radius 3 is 2.30 bits per heavy atom. The van der Waals surface area contributed by atoms with Crippen LogP contribution in [0.1, 0.15) is 28.8 Å². The van der Waals surface area contributed by atoms with Crippen molar-refractivity contribution in [3.05, 3.63) is 70.7 Å². The SMILES string of the molecule is O=C(O)CC/C(=N/NC(=O)c1ccccc1Cl)c1ccccc1. The van der Waals surface area contributed by atoms with Gasteiger partial charge in [0.15, 0.2) is 0 Å². The highest BCUT2D eigenvalue weighted by atomic mass is 35.5. The summed E-state index contributed by atoms with van der Waals surface area (Å²) in [6.45, 7) is 0. The minimum Gasteiger partial charge on any atom is -0.481 e. The number of hydrogen-bond acceptors (Lipinski definition) is 3. The number of amides is 1. The standard InChI is InChI=1S/C17H15ClN2O3/c18-14-9-5-4-8-13(14)17(23)20-19-15(10-11-16(21)22)12-6-2-1-3-7-12/h1-9H,10-11H2,(H,20,23)(H,21,22)/b19-15-. The molecule has 0 aliphatic rings. The molecule has 0 aliphatic carbocycles. The highest BCUT2D eigenvalue weighted by Gasteiger charge is 2.11. The monoisotopic (exact) mass is 330 g/mol. The molecule has 6 heteroatoms. The summed E-state index contributed by atoms with van der Waals surface area (Å²) in [5.74, 6) is -1.37. The van der Waals surface area contributed by atoms with Crippen LogP contribution in [-0.4, -0.2) is 22.7 Å². The first-order valence-electron chi connectivity index (χ1n) is 6.96. The van der Waals surface area contributed by atoms with Gasteiger partial charge in [-0.25, -0.2) is 5.43 Å². The van der Waals surface area contributed by atoms with Crippen molar-refractivity contribution in [1.29, 1.82) is 0 Å². The predicted octanol–water partition coefficient (Wildman–Crippen LogP) is 3.34. The molecule has 0 unspecified atom stereocenters. The summed E-state index contributed by atoms with van der Waals surface area (Å²) >= 11 is 5.97. The van der Waals surface area contributed by atoms with Crippen LogP contribution in [0.5, 0.6) is 0 Å².